The van der Waals surface area contributed by atoms with Gasteiger partial charge in [-0.3, -0.25) is 4.79 Å². The van der Waals surface area contributed by atoms with Crippen molar-refractivity contribution in [2.24, 2.45) is 5.10 Å². The monoisotopic (exact) mass is 385 g/mol. The number of hydrazone groups is 1. The summed E-state index contributed by atoms with van der Waals surface area (Å²) in [7, 11) is 0. The summed E-state index contributed by atoms with van der Waals surface area (Å²) in [4.78, 5) is 14.8. The number of amides is 1. The molecular formula is C24H23N3O2. The van der Waals surface area contributed by atoms with Crippen LogP contribution in [0.15, 0.2) is 77.9 Å². The van der Waals surface area contributed by atoms with E-state index in [-0.39, 0.29) is 5.91 Å². The molecule has 1 aliphatic rings. The average Bonchev–Trinajstić information content (AvgIpc) is 3.20. The number of carbonyl (C=O) groups is 1. The summed E-state index contributed by atoms with van der Waals surface area (Å²) in [5.74, 6) is 0.584. The van der Waals surface area contributed by atoms with E-state index in [1.54, 1.807) is 12.3 Å². The lowest BCUT2D eigenvalue weighted by Crippen LogP contribution is -2.19. The summed E-state index contributed by atoms with van der Waals surface area (Å²) in [6, 6.07) is 23.6. The van der Waals surface area contributed by atoms with Gasteiger partial charge in [0.05, 0.1) is 12.8 Å². The van der Waals surface area contributed by atoms with Crippen molar-refractivity contribution in [2.75, 3.05) is 11.5 Å². The molecule has 0 spiro atoms. The van der Waals surface area contributed by atoms with Gasteiger partial charge >= 0.3 is 0 Å². The Hall–Kier alpha value is -3.60. The van der Waals surface area contributed by atoms with E-state index < -0.39 is 0 Å². The molecule has 0 radical (unpaired) electrons. The predicted octanol–water partition coefficient (Wildman–Crippen LogP) is 4.37. The number of carbonyl (C=O) groups excluding carboxylic acids is 1. The van der Waals surface area contributed by atoms with Gasteiger partial charge in [-0.05, 0) is 66.1 Å². The second-order valence-electron chi connectivity index (χ2n) is 6.88. The normalized spacial score (nSPS) is 12.8. The van der Waals surface area contributed by atoms with Crippen LogP contribution in [0.4, 0.5) is 5.69 Å². The van der Waals surface area contributed by atoms with Crippen LogP contribution in [0.3, 0.4) is 0 Å². The Balaban J connectivity index is 1.39. The number of ether oxygens (including phenoxy) is 1. The Bertz CT molecular complexity index is 1000. The van der Waals surface area contributed by atoms with Gasteiger partial charge in [0, 0.05) is 24.3 Å². The zero-order chi connectivity index (χ0) is 20.1. The molecule has 3 aromatic rings. The van der Waals surface area contributed by atoms with Gasteiger partial charge in [-0.25, -0.2) is 5.43 Å². The summed E-state index contributed by atoms with van der Waals surface area (Å²) in [6.45, 7) is 4.29. The zero-order valence-corrected chi connectivity index (χ0v) is 16.3. The average molecular weight is 385 g/mol. The smallest absolute Gasteiger partial charge is 0.271 e. The fourth-order valence-electron chi connectivity index (χ4n) is 3.41. The van der Waals surface area contributed by atoms with Crippen molar-refractivity contribution in [1.29, 1.82) is 0 Å². The van der Waals surface area contributed by atoms with E-state index in [0.717, 1.165) is 30.1 Å². The molecule has 5 heteroatoms. The highest BCUT2D eigenvalue weighted by atomic mass is 16.5. The molecular weight excluding hydrogens is 362 g/mol. The third-order valence-electron chi connectivity index (χ3n) is 4.89. The quantitative estimate of drug-likeness (QED) is 0.506. The fourth-order valence-corrected chi connectivity index (χ4v) is 3.41. The van der Waals surface area contributed by atoms with Crippen molar-refractivity contribution in [1.82, 2.24) is 5.43 Å². The molecule has 5 nitrogen and oxygen atoms in total. The van der Waals surface area contributed by atoms with Gasteiger partial charge in [0.25, 0.3) is 5.91 Å². The maximum absolute atomic E-state index is 12.5. The van der Waals surface area contributed by atoms with Gasteiger partial charge in [-0.1, -0.05) is 30.3 Å². The van der Waals surface area contributed by atoms with Crippen LogP contribution < -0.4 is 15.1 Å². The topological polar surface area (TPSA) is 53.9 Å². The van der Waals surface area contributed by atoms with Gasteiger partial charge in [-0.15, -0.1) is 0 Å². The van der Waals surface area contributed by atoms with Gasteiger partial charge in [0.2, 0.25) is 0 Å². The molecule has 0 atom stereocenters. The van der Waals surface area contributed by atoms with Crippen molar-refractivity contribution >= 4 is 17.8 Å². The predicted molar refractivity (Wildman–Crippen MR) is 115 cm³/mol. The number of hydrogen-bond donors (Lipinski definition) is 1. The molecule has 3 aromatic carbocycles. The molecule has 0 unspecified atom stereocenters. The van der Waals surface area contributed by atoms with E-state index in [2.05, 4.69) is 39.7 Å². The highest BCUT2D eigenvalue weighted by Gasteiger charge is 2.19. The molecule has 4 rings (SSSR count). The Morgan fingerprint density at radius 2 is 1.76 bits per heavy atom. The van der Waals surface area contributed by atoms with Crippen molar-refractivity contribution in [3.8, 4) is 5.75 Å². The number of nitrogens with zero attached hydrogens (tertiary/aromatic N) is 2. The largest absolute Gasteiger partial charge is 0.494 e. The van der Waals surface area contributed by atoms with E-state index in [0.29, 0.717) is 12.2 Å². The second-order valence-corrected chi connectivity index (χ2v) is 6.88. The Morgan fingerprint density at radius 3 is 2.45 bits per heavy atom. The molecule has 1 aliphatic heterocycles. The van der Waals surface area contributed by atoms with Crippen molar-refractivity contribution in [3.63, 3.8) is 0 Å². The first-order valence-corrected chi connectivity index (χ1v) is 9.71. The lowest BCUT2D eigenvalue weighted by Gasteiger charge is -2.18. The molecule has 146 valence electrons. The summed E-state index contributed by atoms with van der Waals surface area (Å²) in [5.41, 5.74) is 7.78. The van der Waals surface area contributed by atoms with Crippen molar-refractivity contribution in [2.45, 2.75) is 20.0 Å². The van der Waals surface area contributed by atoms with Crippen LogP contribution in [0.25, 0.3) is 0 Å². The standard InChI is InChI=1S/C24H23N3O2/c1-2-29-23-12-10-18(11-13-23)15-25-26-24(28)19-8-5-9-22(14-19)27-16-20-6-3-4-7-21(20)17-27/h3-15H,2,16-17H2,1H3,(H,26,28)/b25-15-. The van der Waals surface area contributed by atoms with Crippen LogP contribution in [0.5, 0.6) is 5.75 Å². The van der Waals surface area contributed by atoms with Gasteiger partial charge < -0.3 is 9.64 Å². The molecule has 1 amide bonds. The molecule has 0 saturated carbocycles. The first-order chi connectivity index (χ1) is 14.2. The minimum atomic E-state index is -0.231. The Labute approximate surface area is 170 Å². The van der Waals surface area contributed by atoms with Crippen LogP contribution in [0.1, 0.15) is 34.0 Å². The molecule has 0 bridgehead atoms. The van der Waals surface area contributed by atoms with Crippen molar-refractivity contribution < 1.29 is 9.53 Å². The Kier molecular flexibility index (Phi) is 5.56. The zero-order valence-electron chi connectivity index (χ0n) is 16.3. The SMILES string of the molecule is CCOc1ccc(/C=N\NC(=O)c2cccc(N3Cc4ccccc4C3)c2)cc1. The summed E-state index contributed by atoms with van der Waals surface area (Å²) >= 11 is 0. The van der Waals surface area contributed by atoms with Crippen LogP contribution in [0, 0.1) is 0 Å². The van der Waals surface area contributed by atoms with Gasteiger partial charge in [-0.2, -0.15) is 5.10 Å². The summed E-state index contributed by atoms with van der Waals surface area (Å²) in [5, 5.41) is 4.07. The van der Waals surface area contributed by atoms with Crippen LogP contribution >= 0.6 is 0 Å². The molecule has 0 aromatic heterocycles. The van der Waals surface area contributed by atoms with Crippen molar-refractivity contribution in [3.05, 3.63) is 95.1 Å². The summed E-state index contributed by atoms with van der Waals surface area (Å²) in [6.07, 6.45) is 1.62. The van der Waals surface area contributed by atoms with E-state index in [9.17, 15) is 4.79 Å². The molecule has 0 fully saturated rings. The Morgan fingerprint density at radius 1 is 1.03 bits per heavy atom. The maximum Gasteiger partial charge on any atom is 0.271 e. The lowest BCUT2D eigenvalue weighted by molar-refractivity contribution is 0.0955. The fraction of sp³-hybridized carbons (Fsp3) is 0.167. The first-order valence-electron chi connectivity index (χ1n) is 9.71. The number of fused-ring (bicyclic) bond motifs is 1. The highest BCUT2D eigenvalue weighted by Crippen LogP contribution is 2.28. The first kappa shape index (κ1) is 18.7. The minimum absolute atomic E-state index is 0.231. The minimum Gasteiger partial charge on any atom is -0.494 e. The third-order valence-corrected chi connectivity index (χ3v) is 4.89. The van der Waals surface area contributed by atoms with Gasteiger partial charge in [0.1, 0.15) is 5.75 Å². The van der Waals surface area contributed by atoms with Gasteiger partial charge in [0.15, 0.2) is 0 Å². The molecule has 1 heterocycles. The van der Waals surface area contributed by atoms with Crippen LogP contribution in [0.2, 0.25) is 0 Å². The van der Waals surface area contributed by atoms with E-state index in [1.807, 2.05) is 49.4 Å². The maximum atomic E-state index is 12.5. The van der Waals surface area contributed by atoms with E-state index >= 15 is 0 Å². The molecule has 1 N–H and O–H groups in total. The van der Waals surface area contributed by atoms with E-state index in [4.69, 9.17) is 4.74 Å². The number of rotatable bonds is 6. The number of anilines is 1. The second kappa shape index (κ2) is 8.61. The third kappa shape index (κ3) is 4.46. The van der Waals surface area contributed by atoms with Crippen LogP contribution in [-0.4, -0.2) is 18.7 Å². The molecule has 0 saturated heterocycles. The number of hydrogen-bond acceptors (Lipinski definition) is 4. The molecule has 29 heavy (non-hydrogen) atoms. The summed E-state index contributed by atoms with van der Waals surface area (Å²) < 4.78 is 5.42. The van der Waals surface area contributed by atoms with E-state index in [1.165, 1.54) is 11.1 Å². The number of benzene rings is 3. The molecule has 0 aliphatic carbocycles. The number of nitrogens with one attached hydrogen (secondary N) is 1. The lowest BCUT2D eigenvalue weighted by atomic mass is 10.1. The van der Waals surface area contributed by atoms with Crippen LogP contribution in [-0.2, 0) is 13.1 Å². The highest BCUT2D eigenvalue weighted by molar-refractivity contribution is 5.95.